The number of hydrogen-bond acceptors (Lipinski definition) is 2. The zero-order chi connectivity index (χ0) is 9.41. The Bertz CT molecular complexity index is 233. The average molecular weight is 184 g/mol. The maximum Gasteiger partial charge on any atom is 0.129 e. The fourth-order valence-electron chi connectivity index (χ4n) is 0.968. The number of hydrogen-bond donors (Lipinski definition) is 0. The van der Waals surface area contributed by atoms with Crippen LogP contribution in [0.5, 0.6) is 0 Å². The van der Waals surface area contributed by atoms with Crippen molar-refractivity contribution >= 4 is 21.2 Å². The monoisotopic (exact) mass is 184 g/mol. The molecule has 0 aromatic rings. The van der Waals surface area contributed by atoms with Crippen LogP contribution in [0.1, 0.15) is 27.7 Å². The smallest absolute Gasteiger partial charge is 0.129 e. The molecular weight excluding hydrogens is 167 g/mol. The van der Waals surface area contributed by atoms with Gasteiger partial charge < -0.3 is 0 Å². The Hall–Kier alpha value is -0.230. The van der Waals surface area contributed by atoms with E-state index >= 15 is 0 Å². The zero-order valence-electron chi connectivity index (χ0n) is 8.26. The Morgan fingerprint density at radius 1 is 1.33 bits per heavy atom. The van der Waals surface area contributed by atoms with Gasteiger partial charge in [-0.05, 0) is 12.3 Å². The van der Waals surface area contributed by atoms with E-state index in [0.717, 1.165) is 5.71 Å². The first-order chi connectivity index (χ1) is 5.36. The van der Waals surface area contributed by atoms with E-state index in [2.05, 4.69) is 46.9 Å². The third-order valence-electron chi connectivity index (χ3n) is 2.63. The van der Waals surface area contributed by atoms with Crippen molar-refractivity contribution in [3.63, 3.8) is 0 Å². The van der Waals surface area contributed by atoms with Crippen LogP contribution in [-0.2, 0) is 0 Å². The van der Waals surface area contributed by atoms with Crippen LogP contribution in [-0.4, -0.2) is 23.8 Å². The lowest BCUT2D eigenvalue weighted by molar-refractivity contribution is 0.366. The van der Waals surface area contributed by atoms with E-state index in [4.69, 9.17) is 0 Å². The summed E-state index contributed by atoms with van der Waals surface area (Å²) >= 11 is 0. The molecule has 0 fully saturated rings. The Kier molecular flexibility index (Phi) is 2.40. The van der Waals surface area contributed by atoms with Crippen LogP contribution in [0.3, 0.4) is 0 Å². The molecule has 1 rings (SSSR count). The first kappa shape index (κ1) is 9.85. The minimum atomic E-state index is 0.0347. The SMILES string of the molecule is CC(C)(C)[C@@](C)(P)C1=NCN=C1. The molecule has 0 saturated carbocycles. The van der Waals surface area contributed by atoms with Crippen LogP contribution in [0.25, 0.3) is 0 Å². The fraction of sp³-hybridized carbons (Fsp3) is 0.778. The molecule has 0 spiro atoms. The van der Waals surface area contributed by atoms with Crippen molar-refractivity contribution in [2.75, 3.05) is 6.67 Å². The molecule has 2 atom stereocenters. The summed E-state index contributed by atoms with van der Waals surface area (Å²) in [5.41, 5.74) is 1.30. The topological polar surface area (TPSA) is 24.7 Å². The highest BCUT2D eigenvalue weighted by atomic mass is 31.0. The molecule has 0 aliphatic carbocycles. The first-order valence-electron chi connectivity index (χ1n) is 4.19. The Balaban J connectivity index is 2.92. The lowest BCUT2D eigenvalue weighted by Gasteiger charge is -2.37. The van der Waals surface area contributed by atoms with Crippen LogP contribution in [0.4, 0.5) is 0 Å². The zero-order valence-corrected chi connectivity index (χ0v) is 9.41. The highest BCUT2D eigenvalue weighted by Crippen LogP contribution is 2.39. The molecule has 3 heteroatoms. The van der Waals surface area contributed by atoms with Crippen LogP contribution in [0.15, 0.2) is 9.98 Å². The molecule has 68 valence electrons. The minimum absolute atomic E-state index is 0.0347. The molecule has 0 radical (unpaired) electrons. The summed E-state index contributed by atoms with van der Waals surface area (Å²) in [6.07, 6.45) is 1.89. The van der Waals surface area contributed by atoms with Crippen molar-refractivity contribution in [1.82, 2.24) is 0 Å². The lowest BCUT2D eigenvalue weighted by Crippen LogP contribution is -2.41. The van der Waals surface area contributed by atoms with Crippen molar-refractivity contribution in [3.8, 4) is 0 Å². The maximum absolute atomic E-state index is 4.35. The fourth-order valence-corrected chi connectivity index (χ4v) is 1.13. The summed E-state index contributed by atoms with van der Waals surface area (Å²) < 4.78 is 0. The van der Waals surface area contributed by atoms with Crippen molar-refractivity contribution in [3.05, 3.63) is 0 Å². The van der Waals surface area contributed by atoms with Crippen LogP contribution >= 0.6 is 9.24 Å². The van der Waals surface area contributed by atoms with Crippen molar-refractivity contribution in [2.24, 2.45) is 15.4 Å². The molecule has 0 amide bonds. The molecule has 12 heavy (non-hydrogen) atoms. The molecule has 1 heterocycles. The summed E-state index contributed by atoms with van der Waals surface area (Å²) in [5, 5.41) is 0.0347. The maximum atomic E-state index is 4.35. The van der Waals surface area contributed by atoms with E-state index < -0.39 is 0 Å². The molecular formula is C9H17N2P. The average Bonchev–Trinajstić information content (AvgIpc) is 2.34. The van der Waals surface area contributed by atoms with Crippen molar-refractivity contribution in [2.45, 2.75) is 32.9 Å². The lowest BCUT2D eigenvalue weighted by atomic mass is 9.78. The highest BCUT2D eigenvalue weighted by Gasteiger charge is 2.37. The van der Waals surface area contributed by atoms with Crippen molar-refractivity contribution in [1.29, 1.82) is 0 Å². The van der Waals surface area contributed by atoms with Gasteiger partial charge in [0.15, 0.2) is 0 Å². The summed E-state index contributed by atoms with van der Waals surface area (Å²) in [6.45, 7) is 9.45. The molecule has 0 bridgehead atoms. The quantitative estimate of drug-likeness (QED) is 0.558. The summed E-state index contributed by atoms with van der Waals surface area (Å²) in [7, 11) is 2.88. The standard InChI is InChI=1S/C9H17N2P/c1-8(2,3)9(4,12)7-5-10-6-11-7/h5H,6,12H2,1-4H3/t9-/m0/s1. The number of rotatable bonds is 1. The third kappa shape index (κ3) is 1.59. The van der Waals surface area contributed by atoms with Gasteiger partial charge in [0.25, 0.3) is 0 Å². The number of aliphatic imine (C=N–C) groups is 2. The van der Waals surface area contributed by atoms with Gasteiger partial charge in [-0.25, -0.2) is 0 Å². The van der Waals surface area contributed by atoms with Gasteiger partial charge in [-0.3, -0.25) is 9.98 Å². The molecule has 1 aliphatic heterocycles. The number of nitrogens with zero attached hydrogens (tertiary/aromatic N) is 2. The van der Waals surface area contributed by atoms with Crippen LogP contribution < -0.4 is 0 Å². The summed E-state index contributed by atoms with van der Waals surface area (Å²) in [4.78, 5) is 8.45. The normalized spacial score (nSPS) is 22.2. The third-order valence-corrected chi connectivity index (χ3v) is 3.79. The molecule has 0 N–H and O–H groups in total. The van der Waals surface area contributed by atoms with Gasteiger partial charge in [-0.15, -0.1) is 9.24 Å². The molecule has 1 aliphatic rings. The van der Waals surface area contributed by atoms with Gasteiger partial charge >= 0.3 is 0 Å². The second kappa shape index (κ2) is 2.92. The minimum Gasteiger partial charge on any atom is -0.268 e. The highest BCUT2D eigenvalue weighted by molar-refractivity contribution is 7.21. The molecule has 2 nitrogen and oxygen atoms in total. The second-order valence-corrected chi connectivity index (χ2v) is 5.60. The van der Waals surface area contributed by atoms with E-state index in [1.54, 1.807) is 0 Å². The van der Waals surface area contributed by atoms with E-state index in [1.165, 1.54) is 0 Å². The van der Waals surface area contributed by atoms with E-state index in [1.807, 2.05) is 6.21 Å². The predicted molar refractivity (Wildman–Crippen MR) is 58.4 cm³/mol. The van der Waals surface area contributed by atoms with Gasteiger partial charge in [0.2, 0.25) is 0 Å². The van der Waals surface area contributed by atoms with Crippen LogP contribution in [0, 0.1) is 5.41 Å². The molecule has 1 unspecified atom stereocenters. The van der Waals surface area contributed by atoms with E-state index in [9.17, 15) is 0 Å². The Morgan fingerprint density at radius 3 is 2.25 bits per heavy atom. The van der Waals surface area contributed by atoms with E-state index in [0.29, 0.717) is 6.67 Å². The summed E-state index contributed by atoms with van der Waals surface area (Å²) in [5.74, 6) is 0. The second-order valence-electron chi connectivity index (χ2n) is 4.45. The Labute approximate surface area is 76.8 Å². The largest absolute Gasteiger partial charge is 0.268 e. The van der Waals surface area contributed by atoms with Crippen LogP contribution in [0.2, 0.25) is 0 Å². The molecule has 0 aromatic carbocycles. The van der Waals surface area contributed by atoms with Gasteiger partial charge in [0.05, 0.1) is 5.71 Å². The van der Waals surface area contributed by atoms with Gasteiger partial charge in [0.1, 0.15) is 6.67 Å². The molecule has 0 saturated heterocycles. The van der Waals surface area contributed by atoms with Crippen molar-refractivity contribution < 1.29 is 0 Å². The Morgan fingerprint density at radius 2 is 1.92 bits per heavy atom. The first-order valence-corrected chi connectivity index (χ1v) is 4.77. The van der Waals surface area contributed by atoms with E-state index in [-0.39, 0.29) is 10.6 Å². The van der Waals surface area contributed by atoms with Gasteiger partial charge in [-0.1, -0.05) is 20.8 Å². The summed E-state index contributed by atoms with van der Waals surface area (Å²) in [6, 6.07) is 0. The predicted octanol–water partition coefficient (Wildman–Crippen LogP) is 2.15. The van der Waals surface area contributed by atoms with Gasteiger partial charge in [0, 0.05) is 11.4 Å². The van der Waals surface area contributed by atoms with Gasteiger partial charge in [-0.2, -0.15) is 0 Å². The molecule has 0 aromatic heterocycles.